The first-order valence-corrected chi connectivity index (χ1v) is 14.9. The van der Waals surface area contributed by atoms with Gasteiger partial charge < -0.3 is 20.7 Å². The van der Waals surface area contributed by atoms with Crippen LogP contribution in [0, 0.1) is 16.7 Å². The van der Waals surface area contributed by atoms with Crippen molar-refractivity contribution in [3.63, 3.8) is 0 Å². The number of nitrogens with two attached hydrogens (primary N) is 1. The van der Waals surface area contributed by atoms with Crippen LogP contribution in [0.4, 0.5) is 20.5 Å². The van der Waals surface area contributed by atoms with Crippen molar-refractivity contribution < 1.29 is 18.3 Å². The van der Waals surface area contributed by atoms with Crippen LogP contribution in [0.1, 0.15) is 50.2 Å². The van der Waals surface area contributed by atoms with E-state index < -0.39 is 11.3 Å². The molecule has 2 aromatic heterocycles. The van der Waals surface area contributed by atoms with Crippen LogP contribution in [-0.2, 0) is 17.9 Å². The summed E-state index contributed by atoms with van der Waals surface area (Å²) in [4.78, 5) is 25.9. The van der Waals surface area contributed by atoms with E-state index in [1.807, 2.05) is 9.58 Å². The lowest BCUT2D eigenvalue weighted by molar-refractivity contribution is -0.138. The Morgan fingerprint density at radius 2 is 1.88 bits per heavy atom. The van der Waals surface area contributed by atoms with Crippen molar-refractivity contribution in [2.75, 3.05) is 50.9 Å². The van der Waals surface area contributed by atoms with Crippen molar-refractivity contribution in [2.24, 2.45) is 16.7 Å². The molecule has 0 bridgehead atoms. The number of benzene rings is 1. The fourth-order valence-corrected chi connectivity index (χ4v) is 6.84. The number of piperazine rings is 1. The zero-order chi connectivity index (χ0) is 29.3. The third-order valence-electron chi connectivity index (χ3n) is 9.89. The number of anilines is 2. The molecule has 3 saturated carbocycles. The molecule has 42 heavy (non-hydrogen) atoms. The minimum atomic E-state index is -2.49. The van der Waals surface area contributed by atoms with Gasteiger partial charge in [0.2, 0.25) is 11.9 Å². The van der Waals surface area contributed by atoms with Crippen molar-refractivity contribution in [3.8, 4) is 5.75 Å². The first-order chi connectivity index (χ1) is 20.1. The fraction of sp³-hybridized carbons (Fsp3) is 0.600. The molecule has 0 radical (unpaired) electrons. The molecular weight excluding hydrogens is 542 g/mol. The first-order valence-electron chi connectivity index (χ1n) is 14.9. The van der Waals surface area contributed by atoms with E-state index in [0.717, 1.165) is 62.4 Å². The van der Waals surface area contributed by atoms with E-state index in [-0.39, 0.29) is 23.7 Å². The highest BCUT2D eigenvalue weighted by Gasteiger charge is 2.75. The van der Waals surface area contributed by atoms with E-state index >= 15 is 0 Å². The number of rotatable bonds is 9. The van der Waals surface area contributed by atoms with Crippen molar-refractivity contribution in [1.82, 2.24) is 29.5 Å². The molecule has 1 saturated heterocycles. The van der Waals surface area contributed by atoms with Crippen molar-refractivity contribution in [3.05, 3.63) is 35.5 Å². The number of aromatic nitrogens is 4. The van der Waals surface area contributed by atoms with Gasteiger partial charge in [-0.25, -0.2) is 13.8 Å². The van der Waals surface area contributed by atoms with Gasteiger partial charge >= 0.3 is 0 Å². The van der Waals surface area contributed by atoms with Gasteiger partial charge in [-0.05, 0) is 43.2 Å². The smallest absolute Gasteiger partial charge is 0.254 e. The van der Waals surface area contributed by atoms with Crippen LogP contribution < -0.4 is 15.8 Å². The molecular formula is C30H38F2N8O2. The van der Waals surface area contributed by atoms with Gasteiger partial charge in [-0.1, -0.05) is 19.1 Å². The van der Waals surface area contributed by atoms with Gasteiger partial charge in [-0.2, -0.15) is 10.1 Å². The predicted octanol–water partition coefficient (Wildman–Crippen LogP) is 3.76. The maximum absolute atomic E-state index is 13.6. The maximum atomic E-state index is 13.6. The summed E-state index contributed by atoms with van der Waals surface area (Å²) in [6.07, 6.45) is 4.77. The number of carbonyl (C=O) groups excluding carboxylic acids is 1. The average Bonchev–Trinajstić information content (AvgIpc) is 3.78. The molecule has 1 spiro atoms. The van der Waals surface area contributed by atoms with Gasteiger partial charge in [-0.3, -0.25) is 14.4 Å². The van der Waals surface area contributed by atoms with E-state index in [4.69, 9.17) is 10.5 Å². The van der Waals surface area contributed by atoms with Crippen LogP contribution >= 0.6 is 0 Å². The van der Waals surface area contributed by atoms with E-state index in [1.54, 1.807) is 13.3 Å². The number of halogens is 2. The summed E-state index contributed by atoms with van der Waals surface area (Å²) in [5, 5.41) is 7.91. The number of nitrogens with one attached hydrogen (secondary N) is 1. The fourth-order valence-electron chi connectivity index (χ4n) is 6.84. The number of hydrogen-bond donors (Lipinski definition) is 2. The molecule has 3 heterocycles. The molecule has 1 aromatic carbocycles. The Kier molecular flexibility index (Phi) is 6.34. The highest BCUT2D eigenvalue weighted by molar-refractivity contribution is 5.86. The lowest BCUT2D eigenvalue weighted by atomic mass is 9.71. The molecule has 4 fully saturated rings. The van der Waals surface area contributed by atoms with Gasteiger partial charge in [0.25, 0.3) is 5.92 Å². The molecule has 224 valence electrons. The number of amides is 1. The number of alkyl halides is 2. The second-order valence-electron chi connectivity index (χ2n) is 13.1. The second-order valence-corrected chi connectivity index (χ2v) is 13.1. The number of carbonyl (C=O) groups is 1. The lowest BCUT2D eigenvalue weighted by Gasteiger charge is -2.36. The number of methoxy groups -OCH3 is 1. The van der Waals surface area contributed by atoms with Gasteiger partial charge in [-0.15, -0.1) is 0 Å². The molecule has 12 heteroatoms. The zero-order valence-electron chi connectivity index (χ0n) is 24.2. The SMILES string of the molecule is COc1cc(CN2CCN(C(=O)C3(C)CC3)CC2)ccc1Cn1ncc2nc(N)nc(NCC3CC4(C3)CC4(F)F)c21. The topological polar surface area (TPSA) is 114 Å². The summed E-state index contributed by atoms with van der Waals surface area (Å²) in [5.41, 5.74) is 8.54. The Balaban J connectivity index is 1.01. The molecule has 1 amide bonds. The lowest BCUT2D eigenvalue weighted by Crippen LogP contribution is -2.50. The van der Waals surface area contributed by atoms with E-state index in [1.165, 1.54) is 0 Å². The van der Waals surface area contributed by atoms with Crippen LogP contribution in [0.3, 0.4) is 0 Å². The summed E-state index contributed by atoms with van der Waals surface area (Å²) in [5.74, 6) is -0.543. The van der Waals surface area contributed by atoms with Crippen LogP contribution in [-0.4, -0.2) is 81.2 Å². The van der Waals surface area contributed by atoms with Gasteiger partial charge in [0.15, 0.2) is 5.82 Å². The summed E-state index contributed by atoms with van der Waals surface area (Å²) in [6, 6.07) is 6.24. The van der Waals surface area contributed by atoms with E-state index in [0.29, 0.717) is 48.7 Å². The predicted molar refractivity (Wildman–Crippen MR) is 154 cm³/mol. The van der Waals surface area contributed by atoms with Crippen molar-refractivity contribution in [2.45, 2.75) is 58.0 Å². The molecule has 3 N–H and O–H groups in total. The monoisotopic (exact) mass is 580 g/mol. The molecule has 0 atom stereocenters. The first kappa shape index (κ1) is 27.3. The van der Waals surface area contributed by atoms with Crippen molar-refractivity contribution >= 4 is 28.7 Å². The molecule has 3 aliphatic carbocycles. The summed E-state index contributed by atoms with van der Waals surface area (Å²) >= 11 is 0. The van der Waals surface area contributed by atoms with Crippen LogP contribution in [0.15, 0.2) is 24.4 Å². The Morgan fingerprint density at radius 1 is 1.14 bits per heavy atom. The summed E-state index contributed by atoms with van der Waals surface area (Å²) < 4.78 is 34.9. The second kappa shape index (κ2) is 9.75. The Bertz CT molecular complexity index is 1520. The molecule has 10 nitrogen and oxygen atoms in total. The van der Waals surface area contributed by atoms with Crippen molar-refractivity contribution in [1.29, 1.82) is 0 Å². The van der Waals surface area contributed by atoms with Crippen LogP contribution in [0.25, 0.3) is 11.0 Å². The minimum Gasteiger partial charge on any atom is -0.496 e. The average molecular weight is 581 g/mol. The van der Waals surface area contributed by atoms with Gasteiger partial charge in [0.1, 0.15) is 16.8 Å². The van der Waals surface area contributed by atoms with Crippen LogP contribution in [0.5, 0.6) is 5.75 Å². The van der Waals surface area contributed by atoms with E-state index in [2.05, 4.69) is 50.4 Å². The van der Waals surface area contributed by atoms with Gasteiger partial charge in [0.05, 0.1) is 19.9 Å². The molecule has 4 aliphatic rings. The Labute approximate surface area is 243 Å². The third kappa shape index (κ3) is 4.83. The molecule has 3 aromatic rings. The zero-order valence-corrected chi connectivity index (χ0v) is 24.2. The summed E-state index contributed by atoms with van der Waals surface area (Å²) in [7, 11) is 1.66. The number of nitrogen functional groups attached to an aromatic ring is 1. The normalized spacial score (nSPS) is 25.8. The Morgan fingerprint density at radius 3 is 2.55 bits per heavy atom. The number of ether oxygens (including phenoxy) is 1. The minimum absolute atomic E-state index is 0.0196. The van der Waals surface area contributed by atoms with Gasteiger partial charge in [0, 0.05) is 62.1 Å². The third-order valence-corrected chi connectivity index (χ3v) is 9.89. The quantitative estimate of drug-likeness (QED) is 0.393. The maximum Gasteiger partial charge on any atom is 0.254 e. The number of nitrogens with zero attached hydrogens (tertiary/aromatic N) is 6. The van der Waals surface area contributed by atoms with E-state index in [9.17, 15) is 13.6 Å². The largest absolute Gasteiger partial charge is 0.496 e. The molecule has 7 rings (SSSR count). The highest BCUT2D eigenvalue weighted by Crippen LogP contribution is 2.72. The highest BCUT2D eigenvalue weighted by atomic mass is 19.3. The molecule has 0 unspecified atom stereocenters. The Hall–Kier alpha value is -3.54. The number of fused-ring (bicyclic) bond motifs is 1. The molecule has 1 aliphatic heterocycles. The summed E-state index contributed by atoms with van der Waals surface area (Å²) in [6.45, 7) is 7.10. The number of hydrogen-bond acceptors (Lipinski definition) is 8. The standard InChI is InChI=1S/C30H38F2N8O2/c1-28(5-6-28)26(41)39-9-7-38(8-10-39)16-19-3-4-21(23(11-19)42-2)17-40-24-22(15-35-40)36-27(33)37-25(24)34-14-20-12-29(13-20)18-30(29,31)32/h3-4,11,15,20H,5-10,12-14,16-18H2,1-2H3,(H3,33,34,36,37). The van der Waals surface area contributed by atoms with Crippen LogP contribution in [0.2, 0.25) is 0 Å².